The van der Waals surface area contributed by atoms with E-state index in [2.05, 4.69) is 21.1 Å². The molecule has 0 atom stereocenters. The SMILES string of the molecule is [N-]=[N+]=Nc1ccnc2c1-c1ccccc1C2. The molecule has 1 aromatic carbocycles. The molecule has 0 radical (unpaired) electrons. The van der Waals surface area contributed by atoms with E-state index in [1.165, 1.54) is 5.56 Å². The number of azide groups is 1. The minimum absolute atomic E-state index is 0.664. The summed E-state index contributed by atoms with van der Waals surface area (Å²) in [4.78, 5) is 7.19. The second-order valence-corrected chi connectivity index (χ2v) is 3.68. The maximum Gasteiger partial charge on any atom is 0.0530 e. The molecule has 76 valence electrons. The van der Waals surface area contributed by atoms with Crippen molar-refractivity contribution in [1.82, 2.24) is 4.98 Å². The number of pyridine rings is 1. The molecule has 4 nitrogen and oxygen atoms in total. The van der Waals surface area contributed by atoms with Gasteiger partial charge in [0.15, 0.2) is 0 Å². The van der Waals surface area contributed by atoms with Crippen molar-refractivity contribution in [3.05, 3.63) is 58.2 Å². The fraction of sp³-hybridized carbons (Fsp3) is 0.0833. The molecule has 2 aromatic rings. The minimum Gasteiger partial charge on any atom is -0.260 e. The monoisotopic (exact) mass is 208 g/mol. The summed E-state index contributed by atoms with van der Waals surface area (Å²) in [6.07, 6.45) is 2.51. The van der Waals surface area contributed by atoms with Crippen molar-refractivity contribution in [1.29, 1.82) is 0 Å². The van der Waals surface area contributed by atoms with Crippen molar-refractivity contribution in [2.45, 2.75) is 6.42 Å². The zero-order valence-electron chi connectivity index (χ0n) is 8.46. The molecule has 16 heavy (non-hydrogen) atoms. The summed E-state index contributed by atoms with van der Waals surface area (Å²) in [6, 6.07) is 9.87. The van der Waals surface area contributed by atoms with Gasteiger partial charge in [-0.15, -0.1) is 0 Å². The number of nitrogens with zero attached hydrogens (tertiary/aromatic N) is 4. The fourth-order valence-electron chi connectivity index (χ4n) is 2.15. The van der Waals surface area contributed by atoms with Gasteiger partial charge in [-0.1, -0.05) is 29.4 Å². The molecule has 1 aromatic heterocycles. The Kier molecular flexibility index (Phi) is 1.88. The Morgan fingerprint density at radius 2 is 2.12 bits per heavy atom. The van der Waals surface area contributed by atoms with Crippen molar-refractivity contribution >= 4 is 5.69 Å². The van der Waals surface area contributed by atoms with Gasteiger partial charge in [-0.2, -0.15) is 0 Å². The highest BCUT2D eigenvalue weighted by molar-refractivity contribution is 5.84. The smallest absolute Gasteiger partial charge is 0.0530 e. The zero-order chi connectivity index (χ0) is 11.0. The first-order valence-electron chi connectivity index (χ1n) is 5.01. The Balaban J connectivity index is 2.33. The summed E-state index contributed by atoms with van der Waals surface area (Å²) >= 11 is 0. The Morgan fingerprint density at radius 3 is 3.00 bits per heavy atom. The summed E-state index contributed by atoms with van der Waals surface area (Å²) in [7, 11) is 0. The molecule has 0 fully saturated rings. The quantitative estimate of drug-likeness (QED) is 0.342. The van der Waals surface area contributed by atoms with Gasteiger partial charge in [0, 0.05) is 28.8 Å². The van der Waals surface area contributed by atoms with Crippen molar-refractivity contribution in [2.24, 2.45) is 5.11 Å². The van der Waals surface area contributed by atoms with E-state index in [1.54, 1.807) is 12.3 Å². The van der Waals surface area contributed by atoms with E-state index in [0.29, 0.717) is 5.69 Å². The van der Waals surface area contributed by atoms with Crippen LogP contribution in [-0.2, 0) is 6.42 Å². The van der Waals surface area contributed by atoms with Gasteiger partial charge in [0.05, 0.1) is 5.69 Å². The number of aromatic nitrogens is 1. The van der Waals surface area contributed by atoms with Crippen LogP contribution in [0.4, 0.5) is 5.69 Å². The first kappa shape index (κ1) is 8.95. The summed E-state index contributed by atoms with van der Waals surface area (Å²) in [6.45, 7) is 0. The zero-order valence-corrected chi connectivity index (χ0v) is 8.46. The number of rotatable bonds is 1. The molecule has 1 aliphatic carbocycles. The van der Waals surface area contributed by atoms with Crippen LogP contribution in [0.5, 0.6) is 0 Å². The third kappa shape index (κ3) is 1.17. The van der Waals surface area contributed by atoms with E-state index in [-0.39, 0.29) is 0 Å². The lowest BCUT2D eigenvalue weighted by Gasteiger charge is -2.02. The van der Waals surface area contributed by atoms with Gasteiger partial charge in [-0.05, 0) is 22.7 Å². The molecule has 4 heteroatoms. The molecule has 1 heterocycles. The number of fused-ring (bicyclic) bond motifs is 3. The number of hydrogen-bond acceptors (Lipinski definition) is 2. The van der Waals surface area contributed by atoms with Crippen molar-refractivity contribution in [3.8, 4) is 11.1 Å². The Hall–Kier alpha value is -2.32. The van der Waals surface area contributed by atoms with Gasteiger partial charge in [-0.25, -0.2) is 0 Å². The van der Waals surface area contributed by atoms with Crippen molar-refractivity contribution in [3.63, 3.8) is 0 Å². The molecular weight excluding hydrogens is 200 g/mol. The summed E-state index contributed by atoms with van der Waals surface area (Å²) in [5, 5.41) is 3.72. The maximum absolute atomic E-state index is 8.54. The molecule has 0 unspecified atom stereocenters. The predicted molar refractivity (Wildman–Crippen MR) is 61.3 cm³/mol. The van der Waals surface area contributed by atoms with E-state index >= 15 is 0 Å². The van der Waals surface area contributed by atoms with Gasteiger partial charge in [0.1, 0.15) is 0 Å². The van der Waals surface area contributed by atoms with Gasteiger partial charge in [0.25, 0.3) is 0 Å². The molecule has 0 saturated heterocycles. The van der Waals surface area contributed by atoms with Crippen LogP contribution >= 0.6 is 0 Å². The normalized spacial score (nSPS) is 11.5. The highest BCUT2D eigenvalue weighted by Crippen LogP contribution is 2.41. The van der Waals surface area contributed by atoms with Crippen molar-refractivity contribution in [2.75, 3.05) is 0 Å². The molecule has 0 N–H and O–H groups in total. The second-order valence-electron chi connectivity index (χ2n) is 3.68. The highest BCUT2D eigenvalue weighted by atomic mass is 15.1. The van der Waals surface area contributed by atoms with Crippen LogP contribution in [0.1, 0.15) is 11.3 Å². The van der Waals surface area contributed by atoms with E-state index in [4.69, 9.17) is 5.53 Å². The third-order valence-electron chi connectivity index (χ3n) is 2.80. The average Bonchev–Trinajstić information content (AvgIpc) is 2.68. The van der Waals surface area contributed by atoms with Gasteiger partial charge < -0.3 is 0 Å². The standard InChI is InChI=1S/C12H8N4/c13-16-15-10-5-6-14-11-7-8-3-1-2-4-9(8)12(10)11/h1-6H,7H2. The molecule has 3 rings (SSSR count). The van der Waals surface area contributed by atoms with Crippen LogP contribution in [0.15, 0.2) is 41.6 Å². The topological polar surface area (TPSA) is 61.7 Å². The van der Waals surface area contributed by atoms with Crippen LogP contribution in [0.2, 0.25) is 0 Å². The lowest BCUT2D eigenvalue weighted by Crippen LogP contribution is -1.84. The number of benzene rings is 1. The van der Waals surface area contributed by atoms with Gasteiger partial charge >= 0.3 is 0 Å². The van der Waals surface area contributed by atoms with E-state index in [0.717, 1.165) is 23.2 Å². The molecule has 0 bridgehead atoms. The third-order valence-corrected chi connectivity index (χ3v) is 2.80. The Morgan fingerprint density at radius 1 is 1.25 bits per heavy atom. The van der Waals surface area contributed by atoms with Crippen LogP contribution in [0, 0.1) is 0 Å². The molecule has 1 aliphatic rings. The van der Waals surface area contributed by atoms with Crippen LogP contribution in [-0.4, -0.2) is 4.98 Å². The summed E-state index contributed by atoms with van der Waals surface area (Å²) in [5.41, 5.74) is 13.5. The second kappa shape index (κ2) is 3.36. The summed E-state index contributed by atoms with van der Waals surface area (Å²) in [5.74, 6) is 0. The van der Waals surface area contributed by atoms with Crippen LogP contribution < -0.4 is 0 Å². The van der Waals surface area contributed by atoms with E-state index in [9.17, 15) is 0 Å². The van der Waals surface area contributed by atoms with Crippen LogP contribution in [0.3, 0.4) is 0 Å². The minimum atomic E-state index is 0.664. The molecular formula is C12H8N4. The van der Waals surface area contributed by atoms with Gasteiger partial charge in [-0.3, -0.25) is 4.98 Å². The largest absolute Gasteiger partial charge is 0.260 e. The molecule has 0 spiro atoms. The van der Waals surface area contributed by atoms with Crippen molar-refractivity contribution < 1.29 is 0 Å². The first-order chi connectivity index (χ1) is 7.90. The average molecular weight is 208 g/mol. The fourth-order valence-corrected chi connectivity index (χ4v) is 2.15. The lowest BCUT2D eigenvalue weighted by molar-refractivity contribution is 1.12. The molecule has 0 amide bonds. The maximum atomic E-state index is 8.54. The molecule has 0 aliphatic heterocycles. The van der Waals surface area contributed by atoms with Crippen LogP contribution in [0.25, 0.3) is 21.6 Å². The van der Waals surface area contributed by atoms with E-state index < -0.39 is 0 Å². The van der Waals surface area contributed by atoms with Gasteiger partial charge in [0.2, 0.25) is 0 Å². The first-order valence-corrected chi connectivity index (χ1v) is 5.01. The Labute approximate surface area is 92.2 Å². The molecule has 0 saturated carbocycles. The Bertz CT molecular complexity index is 612. The number of hydrogen-bond donors (Lipinski definition) is 0. The van der Waals surface area contributed by atoms with E-state index in [1.807, 2.05) is 18.2 Å². The highest BCUT2D eigenvalue weighted by Gasteiger charge is 2.21. The lowest BCUT2D eigenvalue weighted by atomic mass is 10.1. The summed E-state index contributed by atoms with van der Waals surface area (Å²) < 4.78 is 0. The predicted octanol–water partition coefficient (Wildman–Crippen LogP) is 3.59.